The molecule has 9 heteroatoms. The first kappa shape index (κ1) is 19.2. The van der Waals surface area contributed by atoms with E-state index in [2.05, 4.69) is 20.4 Å². The van der Waals surface area contributed by atoms with Crippen LogP contribution in [0.25, 0.3) is 5.69 Å². The maximum absolute atomic E-state index is 12.3. The number of hydrogen-bond acceptors (Lipinski definition) is 5. The van der Waals surface area contributed by atoms with Gasteiger partial charge in [-0.1, -0.05) is 53.2 Å². The monoisotopic (exact) mass is 433 g/mol. The van der Waals surface area contributed by atoms with Crippen LogP contribution in [0.2, 0.25) is 10.0 Å². The predicted octanol–water partition coefficient (Wildman–Crippen LogP) is 4.89. The van der Waals surface area contributed by atoms with E-state index < -0.39 is 0 Å². The van der Waals surface area contributed by atoms with Gasteiger partial charge in [0.05, 0.1) is 21.5 Å². The van der Waals surface area contributed by atoms with Gasteiger partial charge in [-0.25, -0.2) is 14.6 Å². The van der Waals surface area contributed by atoms with Crippen LogP contribution in [0.1, 0.15) is 30.1 Å². The Labute approximate surface area is 176 Å². The Kier molecular flexibility index (Phi) is 5.57. The minimum Gasteiger partial charge on any atom is -0.309 e. The second kappa shape index (κ2) is 8.11. The summed E-state index contributed by atoms with van der Waals surface area (Å²) >= 11 is 13.5. The van der Waals surface area contributed by atoms with E-state index in [4.69, 9.17) is 23.2 Å². The predicted molar refractivity (Wildman–Crippen MR) is 112 cm³/mol. The third-order valence-electron chi connectivity index (χ3n) is 4.35. The summed E-state index contributed by atoms with van der Waals surface area (Å²) in [6.45, 7) is 1.77. The lowest BCUT2D eigenvalue weighted by molar-refractivity contribution is -0.113. The van der Waals surface area contributed by atoms with Gasteiger partial charge in [-0.05, 0) is 37.5 Å². The Morgan fingerprint density at radius 1 is 1.29 bits per heavy atom. The van der Waals surface area contributed by atoms with Crippen LogP contribution in [-0.2, 0) is 4.79 Å². The first-order valence-corrected chi connectivity index (χ1v) is 10.5. The van der Waals surface area contributed by atoms with Gasteiger partial charge >= 0.3 is 0 Å². The average Bonchev–Trinajstić information content (AvgIpc) is 3.47. The van der Waals surface area contributed by atoms with Gasteiger partial charge in [0.1, 0.15) is 5.82 Å². The van der Waals surface area contributed by atoms with E-state index in [0.717, 1.165) is 24.4 Å². The largest absolute Gasteiger partial charge is 0.309 e. The number of amides is 1. The molecular formula is C19H17Cl2N5OS. The number of hydrogen-bond donors (Lipinski definition) is 1. The first-order chi connectivity index (χ1) is 13.5. The summed E-state index contributed by atoms with van der Waals surface area (Å²) in [5.41, 5.74) is 1.65. The number of para-hydroxylation sites is 1. The second-order valence-corrected chi connectivity index (χ2v) is 8.23. The Hall–Kier alpha value is -2.09. The normalized spacial score (nSPS) is 13.5. The highest BCUT2D eigenvalue weighted by Gasteiger charge is 2.30. The Balaban J connectivity index is 1.45. The fraction of sp³-hybridized carbons (Fsp3) is 0.263. The number of anilines is 1. The Bertz CT molecular complexity index is 1020. The third kappa shape index (κ3) is 4.16. The van der Waals surface area contributed by atoms with Crippen LogP contribution in [0.4, 0.5) is 5.82 Å². The van der Waals surface area contributed by atoms with Crippen molar-refractivity contribution in [2.45, 2.75) is 30.8 Å². The van der Waals surface area contributed by atoms with Crippen molar-refractivity contribution in [1.82, 2.24) is 19.7 Å². The molecule has 6 nitrogen and oxygen atoms in total. The topological polar surface area (TPSA) is 72.7 Å². The summed E-state index contributed by atoms with van der Waals surface area (Å²) in [6.07, 6.45) is 3.71. The van der Waals surface area contributed by atoms with Crippen LogP contribution in [-0.4, -0.2) is 31.4 Å². The fourth-order valence-corrected chi connectivity index (χ4v) is 3.69. The van der Waals surface area contributed by atoms with Crippen LogP contribution in [0.3, 0.4) is 0 Å². The van der Waals surface area contributed by atoms with E-state index in [9.17, 15) is 4.79 Å². The van der Waals surface area contributed by atoms with Gasteiger partial charge in [-0.2, -0.15) is 0 Å². The van der Waals surface area contributed by atoms with Crippen molar-refractivity contribution in [2.75, 3.05) is 11.1 Å². The smallest absolute Gasteiger partial charge is 0.236 e. The number of pyridine rings is 1. The van der Waals surface area contributed by atoms with Crippen molar-refractivity contribution in [1.29, 1.82) is 0 Å². The summed E-state index contributed by atoms with van der Waals surface area (Å²) in [4.78, 5) is 21.0. The van der Waals surface area contributed by atoms with Gasteiger partial charge in [-0.15, -0.1) is 5.10 Å². The van der Waals surface area contributed by atoms with Crippen molar-refractivity contribution in [3.05, 3.63) is 58.0 Å². The summed E-state index contributed by atoms with van der Waals surface area (Å²) in [5.74, 6) is 1.62. The maximum atomic E-state index is 12.3. The number of aromatic nitrogens is 4. The number of thioether (sulfide) groups is 1. The molecule has 144 valence electrons. The zero-order chi connectivity index (χ0) is 19.7. The number of nitrogens with zero attached hydrogens (tertiary/aromatic N) is 4. The zero-order valence-corrected chi connectivity index (χ0v) is 17.4. The minimum atomic E-state index is -0.231. The number of benzene rings is 1. The maximum Gasteiger partial charge on any atom is 0.236 e. The third-order valence-corrected chi connectivity index (χ3v) is 6.03. The number of rotatable bonds is 6. The minimum absolute atomic E-state index is 0.155. The van der Waals surface area contributed by atoms with Gasteiger partial charge in [-0.3, -0.25) is 4.79 Å². The number of carbonyl (C=O) groups is 1. The Morgan fingerprint density at radius 3 is 2.75 bits per heavy atom. The quantitative estimate of drug-likeness (QED) is 0.560. The zero-order valence-electron chi connectivity index (χ0n) is 15.0. The van der Waals surface area contributed by atoms with E-state index in [0.29, 0.717) is 32.5 Å². The highest BCUT2D eigenvalue weighted by molar-refractivity contribution is 7.99. The van der Waals surface area contributed by atoms with Crippen molar-refractivity contribution in [3.8, 4) is 5.69 Å². The highest BCUT2D eigenvalue weighted by atomic mass is 35.5. The molecule has 28 heavy (non-hydrogen) atoms. The lowest BCUT2D eigenvalue weighted by Gasteiger charge is -2.08. The number of nitrogens with one attached hydrogen (secondary N) is 1. The van der Waals surface area contributed by atoms with Crippen LogP contribution < -0.4 is 5.32 Å². The van der Waals surface area contributed by atoms with Crippen LogP contribution in [0.15, 0.2) is 41.7 Å². The molecule has 2 heterocycles. The van der Waals surface area contributed by atoms with E-state index in [-0.39, 0.29) is 11.7 Å². The Morgan fingerprint density at radius 2 is 2.04 bits per heavy atom. The van der Waals surface area contributed by atoms with Crippen LogP contribution in [0, 0.1) is 6.92 Å². The van der Waals surface area contributed by atoms with Crippen LogP contribution in [0.5, 0.6) is 0 Å². The van der Waals surface area contributed by atoms with E-state index >= 15 is 0 Å². The summed E-state index contributed by atoms with van der Waals surface area (Å²) in [5, 5.41) is 8.68. The van der Waals surface area contributed by atoms with Crippen molar-refractivity contribution in [3.63, 3.8) is 0 Å². The number of carbonyl (C=O) groups excluding carboxylic acids is 1. The molecule has 0 atom stereocenters. The molecule has 2 aromatic heterocycles. The fourth-order valence-electron chi connectivity index (χ4n) is 2.67. The van der Waals surface area contributed by atoms with E-state index in [1.165, 1.54) is 18.0 Å². The van der Waals surface area contributed by atoms with Gasteiger partial charge < -0.3 is 5.32 Å². The van der Waals surface area contributed by atoms with Crippen molar-refractivity contribution in [2.24, 2.45) is 0 Å². The van der Waals surface area contributed by atoms with E-state index in [1.807, 2.05) is 35.0 Å². The second-order valence-electron chi connectivity index (χ2n) is 6.50. The molecule has 1 saturated carbocycles. The summed E-state index contributed by atoms with van der Waals surface area (Å²) in [7, 11) is 0. The first-order valence-electron chi connectivity index (χ1n) is 8.78. The summed E-state index contributed by atoms with van der Waals surface area (Å²) in [6, 6.07) is 9.91. The highest BCUT2D eigenvalue weighted by Crippen LogP contribution is 2.40. The lowest BCUT2D eigenvalue weighted by Crippen LogP contribution is -2.15. The molecule has 1 fully saturated rings. The number of halogens is 2. The van der Waals surface area contributed by atoms with Crippen molar-refractivity contribution < 1.29 is 4.79 Å². The SMILES string of the molecule is Cc1c(Cl)cnc(NC(=O)CSc2nc(C3CC3)n(-c3ccccc3)n2)c1Cl. The molecular weight excluding hydrogens is 417 g/mol. The van der Waals surface area contributed by atoms with Gasteiger partial charge in [0.15, 0.2) is 5.82 Å². The molecule has 0 aliphatic heterocycles. The molecule has 0 bridgehead atoms. The molecule has 0 spiro atoms. The molecule has 0 unspecified atom stereocenters. The standard InChI is InChI=1S/C19H17Cl2N5OS/c1-11-14(20)9-22-17(16(11)21)23-15(27)10-28-19-24-18(12-7-8-12)26(25-19)13-5-3-2-4-6-13/h2-6,9,12H,7-8,10H2,1H3,(H,22,23,27). The molecule has 3 aromatic rings. The molecule has 4 rings (SSSR count). The molecule has 1 amide bonds. The molecule has 1 aliphatic carbocycles. The molecule has 1 aromatic carbocycles. The lowest BCUT2D eigenvalue weighted by atomic mass is 10.3. The van der Waals surface area contributed by atoms with Gasteiger partial charge in [0.25, 0.3) is 0 Å². The molecule has 1 N–H and O–H groups in total. The van der Waals surface area contributed by atoms with Crippen LogP contribution >= 0.6 is 35.0 Å². The van der Waals surface area contributed by atoms with Gasteiger partial charge in [0.2, 0.25) is 11.1 Å². The molecule has 0 saturated heterocycles. The van der Waals surface area contributed by atoms with E-state index in [1.54, 1.807) is 6.92 Å². The molecule has 1 aliphatic rings. The summed E-state index contributed by atoms with van der Waals surface area (Å²) < 4.78 is 1.87. The van der Waals surface area contributed by atoms with Gasteiger partial charge in [0, 0.05) is 12.1 Å². The van der Waals surface area contributed by atoms with Crippen molar-refractivity contribution >= 4 is 46.7 Å². The molecule has 0 radical (unpaired) electrons. The average molecular weight is 434 g/mol.